The Morgan fingerprint density at radius 2 is 1.81 bits per heavy atom. The predicted octanol–water partition coefficient (Wildman–Crippen LogP) is 3.76. The van der Waals surface area contributed by atoms with E-state index in [1.807, 2.05) is 66.9 Å². The average Bonchev–Trinajstić information content (AvgIpc) is 3.20. The molecule has 0 aliphatic carbocycles. The second-order valence-corrected chi connectivity index (χ2v) is 9.66. The summed E-state index contributed by atoms with van der Waals surface area (Å²) in [4.78, 5) is 16.4. The molecule has 1 aromatic heterocycles. The maximum absolute atomic E-state index is 12.0. The molecule has 6 nitrogen and oxygen atoms in total. The van der Waals surface area contributed by atoms with E-state index in [0.29, 0.717) is 13.0 Å². The highest BCUT2D eigenvalue weighted by molar-refractivity contribution is 7.92. The number of aryl methyl sites for hydroxylation is 1. The zero-order valence-corrected chi connectivity index (χ0v) is 18.9. The molecular formula is C23H25N3O3S2. The standard InChI is InChI=1S/C23H25N3O3S2/c1-18-26-22(17-30-18)21-9-7-20(8-10-21)11-14-24-23(27)12-15-25-31(28,29)16-13-19-5-3-2-4-6-19/h2-10,13,16-17,25H,11-12,14-15H2,1H3,(H,24,27)/b16-13+. The van der Waals surface area contributed by atoms with Crippen molar-refractivity contribution in [2.24, 2.45) is 0 Å². The Morgan fingerprint density at radius 1 is 1.06 bits per heavy atom. The number of carbonyl (C=O) groups excluding carboxylic acids is 1. The van der Waals surface area contributed by atoms with Crippen LogP contribution >= 0.6 is 11.3 Å². The summed E-state index contributed by atoms with van der Waals surface area (Å²) in [5, 5.41) is 7.01. The van der Waals surface area contributed by atoms with Gasteiger partial charge in [0, 0.05) is 35.9 Å². The van der Waals surface area contributed by atoms with Crippen molar-refractivity contribution >= 4 is 33.3 Å². The fourth-order valence-electron chi connectivity index (χ4n) is 2.86. The van der Waals surface area contributed by atoms with Crippen molar-refractivity contribution in [1.29, 1.82) is 0 Å². The van der Waals surface area contributed by atoms with Crippen LogP contribution in [-0.4, -0.2) is 32.4 Å². The van der Waals surface area contributed by atoms with Gasteiger partial charge in [-0.05, 0) is 30.5 Å². The third-order valence-electron chi connectivity index (χ3n) is 4.50. The lowest BCUT2D eigenvalue weighted by Gasteiger charge is -2.07. The van der Waals surface area contributed by atoms with Crippen molar-refractivity contribution < 1.29 is 13.2 Å². The van der Waals surface area contributed by atoms with E-state index in [4.69, 9.17) is 0 Å². The molecule has 3 rings (SSSR count). The molecule has 0 unspecified atom stereocenters. The summed E-state index contributed by atoms with van der Waals surface area (Å²) in [6.45, 7) is 2.53. The van der Waals surface area contributed by atoms with Gasteiger partial charge in [-0.2, -0.15) is 0 Å². The molecule has 2 N–H and O–H groups in total. The average molecular weight is 456 g/mol. The molecule has 1 heterocycles. The fourth-order valence-corrected chi connectivity index (χ4v) is 4.30. The minimum absolute atomic E-state index is 0.0506. The van der Waals surface area contributed by atoms with Gasteiger partial charge in [-0.3, -0.25) is 4.79 Å². The van der Waals surface area contributed by atoms with E-state index in [1.165, 1.54) is 6.08 Å². The van der Waals surface area contributed by atoms with Gasteiger partial charge in [-0.25, -0.2) is 18.1 Å². The highest BCUT2D eigenvalue weighted by atomic mass is 32.2. The van der Waals surface area contributed by atoms with Crippen LogP contribution in [-0.2, 0) is 21.2 Å². The van der Waals surface area contributed by atoms with Gasteiger partial charge in [-0.1, -0.05) is 54.6 Å². The van der Waals surface area contributed by atoms with Gasteiger partial charge in [0.15, 0.2) is 0 Å². The molecular weight excluding hydrogens is 430 g/mol. The van der Waals surface area contributed by atoms with Crippen LogP contribution in [0.1, 0.15) is 22.6 Å². The van der Waals surface area contributed by atoms with Gasteiger partial charge < -0.3 is 5.32 Å². The van der Waals surface area contributed by atoms with E-state index in [9.17, 15) is 13.2 Å². The number of aromatic nitrogens is 1. The van der Waals surface area contributed by atoms with Gasteiger partial charge in [0.2, 0.25) is 15.9 Å². The molecule has 3 aromatic rings. The van der Waals surface area contributed by atoms with E-state index >= 15 is 0 Å². The van der Waals surface area contributed by atoms with E-state index in [2.05, 4.69) is 15.0 Å². The first-order chi connectivity index (χ1) is 14.9. The summed E-state index contributed by atoms with van der Waals surface area (Å²) in [5.41, 5.74) is 3.96. The normalized spacial score (nSPS) is 11.6. The van der Waals surface area contributed by atoms with Crippen molar-refractivity contribution in [3.05, 3.63) is 81.5 Å². The van der Waals surface area contributed by atoms with Crippen molar-refractivity contribution in [2.45, 2.75) is 19.8 Å². The van der Waals surface area contributed by atoms with Gasteiger partial charge in [0.05, 0.1) is 10.7 Å². The predicted molar refractivity (Wildman–Crippen MR) is 126 cm³/mol. The van der Waals surface area contributed by atoms with E-state index in [0.717, 1.165) is 32.8 Å². The SMILES string of the molecule is Cc1nc(-c2ccc(CCNC(=O)CCNS(=O)(=O)/C=C/c3ccccc3)cc2)cs1. The molecule has 162 valence electrons. The van der Waals surface area contributed by atoms with Gasteiger partial charge in [0.1, 0.15) is 0 Å². The number of nitrogens with one attached hydrogen (secondary N) is 2. The lowest BCUT2D eigenvalue weighted by atomic mass is 10.1. The summed E-state index contributed by atoms with van der Waals surface area (Å²) in [5.74, 6) is -0.190. The number of thiazole rings is 1. The molecule has 0 fully saturated rings. The summed E-state index contributed by atoms with van der Waals surface area (Å²) >= 11 is 1.62. The monoisotopic (exact) mass is 455 g/mol. The van der Waals surface area contributed by atoms with Crippen molar-refractivity contribution in [1.82, 2.24) is 15.0 Å². The fraction of sp³-hybridized carbons (Fsp3) is 0.217. The highest BCUT2D eigenvalue weighted by Crippen LogP contribution is 2.21. The smallest absolute Gasteiger partial charge is 0.233 e. The number of sulfonamides is 1. The van der Waals surface area contributed by atoms with Gasteiger partial charge in [0.25, 0.3) is 0 Å². The molecule has 0 saturated carbocycles. The minimum atomic E-state index is -3.58. The van der Waals surface area contributed by atoms with Gasteiger partial charge in [-0.15, -0.1) is 11.3 Å². The first kappa shape index (κ1) is 22.9. The number of hydrogen-bond donors (Lipinski definition) is 2. The molecule has 31 heavy (non-hydrogen) atoms. The van der Waals surface area contributed by atoms with Crippen LogP contribution in [0.5, 0.6) is 0 Å². The number of rotatable bonds is 10. The van der Waals surface area contributed by atoms with E-state index < -0.39 is 10.0 Å². The Balaban J connectivity index is 1.36. The van der Waals surface area contributed by atoms with Crippen LogP contribution in [0.15, 0.2) is 65.4 Å². The summed E-state index contributed by atoms with van der Waals surface area (Å²) in [6, 6.07) is 17.3. The largest absolute Gasteiger partial charge is 0.356 e. The third-order valence-corrected chi connectivity index (χ3v) is 6.37. The van der Waals surface area contributed by atoms with Crippen LogP contribution in [0.25, 0.3) is 17.3 Å². The molecule has 8 heteroatoms. The van der Waals surface area contributed by atoms with E-state index in [-0.39, 0.29) is 18.9 Å². The molecule has 1 amide bonds. The minimum Gasteiger partial charge on any atom is -0.356 e. The lowest BCUT2D eigenvalue weighted by molar-refractivity contribution is -0.120. The van der Waals surface area contributed by atoms with Crippen molar-refractivity contribution in [3.63, 3.8) is 0 Å². The number of carbonyl (C=O) groups is 1. The third kappa shape index (κ3) is 7.75. The molecule has 0 bridgehead atoms. The first-order valence-corrected chi connectivity index (χ1v) is 12.3. The molecule has 0 spiro atoms. The van der Waals surface area contributed by atoms with E-state index in [1.54, 1.807) is 11.3 Å². The van der Waals surface area contributed by atoms with Crippen LogP contribution in [0.4, 0.5) is 0 Å². The zero-order valence-electron chi connectivity index (χ0n) is 17.2. The second kappa shape index (κ2) is 11.0. The molecule has 0 atom stereocenters. The van der Waals surface area contributed by atoms with Crippen molar-refractivity contribution in [2.75, 3.05) is 13.1 Å². The molecule has 0 radical (unpaired) electrons. The Hall–Kier alpha value is -2.81. The quantitative estimate of drug-likeness (QED) is 0.487. The maximum atomic E-state index is 12.0. The molecule has 0 saturated heterocycles. The topological polar surface area (TPSA) is 88.2 Å². The van der Waals surface area contributed by atoms with Crippen LogP contribution in [0.3, 0.4) is 0 Å². The Bertz CT molecular complexity index is 1120. The number of amides is 1. The number of nitrogens with zero attached hydrogens (tertiary/aromatic N) is 1. The lowest BCUT2D eigenvalue weighted by Crippen LogP contribution is -2.30. The maximum Gasteiger partial charge on any atom is 0.233 e. The van der Waals surface area contributed by atoms with Crippen LogP contribution in [0.2, 0.25) is 0 Å². The first-order valence-electron chi connectivity index (χ1n) is 9.92. The Labute approximate surface area is 187 Å². The molecule has 2 aromatic carbocycles. The highest BCUT2D eigenvalue weighted by Gasteiger charge is 2.07. The Kier molecular flexibility index (Phi) is 8.11. The number of hydrogen-bond acceptors (Lipinski definition) is 5. The zero-order chi connectivity index (χ0) is 22.1. The van der Waals surface area contributed by atoms with Gasteiger partial charge >= 0.3 is 0 Å². The van der Waals surface area contributed by atoms with Crippen molar-refractivity contribution in [3.8, 4) is 11.3 Å². The summed E-state index contributed by atoms with van der Waals surface area (Å²) in [7, 11) is -3.58. The molecule has 0 aliphatic heterocycles. The molecule has 0 aliphatic rings. The number of benzene rings is 2. The summed E-state index contributed by atoms with van der Waals surface area (Å²) in [6.07, 6.45) is 2.30. The van der Waals surface area contributed by atoms with Crippen LogP contribution in [0, 0.1) is 6.92 Å². The Morgan fingerprint density at radius 3 is 2.48 bits per heavy atom. The second-order valence-electron chi connectivity index (χ2n) is 6.95. The summed E-state index contributed by atoms with van der Waals surface area (Å²) < 4.78 is 26.4. The van der Waals surface area contributed by atoms with Crippen LogP contribution < -0.4 is 10.0 Å².